The van der Waals surface area contributed by atoms with Crippen molar-refractivity contribution in [2.75, 3.05) is 0 Å². The molecule has 0 spiro atoms. The molecule has 2 aromatic heterocycles. The number of aromatic nitrogens is 3. The van der Waals surface area contributed by atoms with Crippen LogP contribution in [0.25, 0.3) is 5.65 Å². The molecular formula is C7H7BrN4. The Morgan fingerprint density at radius 2 is 2.33 bits per heavy atom. The summed E-state index contributed by atoms with van der Waals surface area (Å²) >= 11 is 3.34. The Labute approximate surface area is 77.5 Å². The van der Waals surface area contributed by atoms with Gasteiger partial charge in [0.1, 0.15) is 0 Å². The number of nitrogens with zero attached hydrogens (tertiary/aromatic N) is 3. The lowest BCUT2D eigenvalue weighted by Crippen LogP contribution is -2.00. The fourth-order valence-electron chi connectivity index (χ4n) is 0.990. The largest absolute Gasteiger partial charge is 0.326 e. The van der Waals surface area contributed by atoms with Crippen LogP contribution in [-0.2, 0) is 6.54 Å². The molecule has 12 heavy (non-hydrogen) atoms. The van der Waals surface area contributed by atoms with Crippen molar-refractivity contribution in [1.29, 1.82) is 0 Å². The van der Waals surface area contributed by atoms with E-state index in [9.17, 15) is 0 Å². The number of hydrogen-bond acceptors (Lipinski definition) is 3. The molecule has 0 aromatic carbocycles. The molecule has 0 atom stereocenters. The predicted octanol–water partition coefficient (Wildman–Crippen LogP) is 0.951. The van der Waals surface area contributed by atoms with Gasteiger partial charge < -0.3 is 5.73 Å². The Bertz CT molecular complexity index is 409. The van der Waals surface area contributed by atoms with Gasteiger partial charge in [0, 0.05) is 24.5 Å². The maximum absolute atomic E-state index is 5.45. The van der Waals surface area contributed by atoms with E-state index in [1.807, 2.05) is 6.20 Å². The van der Waals surface area contributed by atoms with Crippen LogP contribution in [-0.4, -0.2) is 14.6 Å². The Morgan fingerprint density at radius 1 is 1.50 bits per heavy atom. The Balaban J connectivity index is 2.69. The highest BCUT2D eigenvalue weighted by atomic mass is 79.9. The van der Waals surface area contributed by atoms with Crippen LogP contribution in [0.2, 0.25) is 0 Å². The van der Waals surface area contributed by atoms with Crippen LogP contribution in [0.4, 0.5) is 0 Å². The first-order chi connectivity index (χ1) is 5.81. The van der Waals surface area contributed by atoms with E-state index in [2.05, 4.69) is 26.0 Å². The van der Waals surface area contributed by atoms with Crippen LogP contribution in [0, 0.1) is 0 Å². The highest BCUT2D eigenvalue weighted by molar-refractivity contribution is 9.10. The third-order valence-electron chi connectivity index (χ3n) is 1.60. The first-order valence-corrected chi connectivity index (χ1v) is 4.28. The minimum atomic E-state index is 0.487. The molecule has 4 nitrogen and oxygen atoms in total. The highest BCUT2D eigenvalue weighted by Gasteiger charge is 2.01. The molecule has 0 radical (unpaired) electrons. The van der Waals surface area contributed by atoms with Crippen molar-refractivity contribution in [2.24, 2.45) is 5.73 Å². The van der Waals surface area contributed by atoms with Crippen LogP contribution >= 0.6 is 15.9 Å². The maximum atomic E-state index is 5.45. The lowest BCUT2D eigenvalue weighted by atomic mass is 10.3. The Hall–Kier alpha value is -0.940. The van der Waals surface area contributed by atoms with E-state index in [0.29, 0.717) is 6.54 Å². The van der Waals surface area contributed by atoms with Crippen LogP contribution in [0.1, 0.15) is 5.56 Å². The SMILES string of the molecule is NCc1cnc2c(Br)cnn2c1. The van der Waals surface area contributed by atoms with Gasteiger partial charge in [0.15, 0.2) is 5.65 Å². The first kappa shape index (κ1) is 7.70. The summed E-state index contributed by atoms with van der Waals surface area (Å²) < 4.78 is 2.60. The number of hydrogen-bond donors (Lipinski definition) is 1. The minimum absolute atomic E-state index is 0.487. The summed E-state index contributed by atoms with van der Waals surface area (Å²) in [5.41, 5.74) is 7.24. The third-order valence-corrected chi connectivity index (χ3v) is 2.16. The molecule has 0 fully saturated rings. The van der Waals surface area contributed by atoms with E-state index in [1.165, 1.54) is 0 Å². The molecule has 2 heterocycles. The monoisotopic (exact) mass is 226 g/mol. The lowest BCUT2D eigenvalue weighted by molar-refractivity contribution is 0.902. The topological polar surface area (TPSA) is 56.2 Å². The molecular weight excluding hydrogens is 220 g/mol. The van der Waals surface area contributed by atoms with E-state index >= 15 is 0 Å². The average Bonchev–Trinajstić information content (AvgIpc) is 2.47. The molecule has 0 aliphatic heterocycles. The second kappa shape index (κ2) is 2.84. The van der Waals surface area contributed by atoms with E-state index in [4.69, 9.17) is 5.73 Å². The summed E-state index contributed by atoms with van der Waals surface area (Å²) in [4.78, 5) is 4.19. The van der Waals surface area contributed by atoms with Gasteiger partial charge in [-0.25, -0.2) is 9.50 Å². The molecule has 2 aromatic rings. The van der Waals surface area contributed by atoms with Crippen molar-refractivity contribution < 1.29 is 0 Å². The number of rotatable bonds is 1. The van der Waals surface area contributed by atoms with Crippen molar-refractivity contribution in [1.82, 2.24) is 14.6 Å². The van der Waals surface area contributed by atoms with Crippen molar-refractivity contribution in [2.45, 2.75) is 6.54 Å². The second-order valence-electron chi connectivity index (χ2n) is 2.43. The van der Waals surface area contributed by atoms with Crippen LogP contribution in [0.15, 0.2) is 23.1 Å². The van der Waals surface area contributed by atoms with Gasteiger partial charge in [0.2, 0.25) is 0 Å². The smallest absolute Gasteiger partial charge is 0.169 e. The molecule has 62 valence electrons. The zero-order chi connectivity index (χ0) is 8.55. The standard InChI is InChI=1S/C7H7BrN4/c8-6-3-11-12-4-5(1-9)2-10-7(6)12/h2-4H,1,9H2. The molecule has 0 saturated carbocycles. The van der Waals surface area contributed by atoms with Crippen LogP contribution < -0.4 is 5.73 Å². The molecule has 2 N–H and O–H groups in total. The Morgan fingerprint density at radius 3 is 3.08 bits per heavy atom. The second-order valence-corrected chi connectivity index (χ2v) is 3.28. The average molecular weight is 227 g/mol. The molecule has 0 amide bonds. The molecule has 0 unspecified atom stereocenters. The van der Waals surface area contributed by atoms with Gasteiger partial charge in [-0.1, -0.05) is 0 Å². The van der Waals surface area contributed by atoms with Crippen molar-refractivity contribution >= 4 is 21.6 Å². The van der Waals surface area contributed by atoms with Crippen molar-refractivity contribution in [3.05, 3.63) is 28.6 Å². The van der Waals surface area contributed by atoms with Crippen LogP contribution in [0.5, 0.6) is 0 Å². The normalized spacial score (nSPS) is 10.8. The molecule has 2 rings (SSSR count). The maximum Gasteiger partial charge on any atom is 0.169 e. The number of nitrogens with two attached hydrogens (primary N) is 1. The molecule has 0 bridgehead atoms. The summed E-state index contributed by atoms with van der Waals surface area (Å²) in [6, 6.07) is 0. The third kappa shape index (κ3) is 1.11. The number of fused-ring (bicyclic) bond motifs is 1. The van der Waals surface area contributed by atoms with Gasteiger partial charge in [0.25, 0.3) is 0 Å². The quantitative estimate of drug-likeness (QED) is 0.788. The van der Waals surface area contributed by atoms with Gasteiger partial charge in [-0.2, -0.15) is 5.10 Å². The fraction of sp³-hybridized carbons (Fsp3) is 0.143. The van der Waals surface area contributed by atoms with Crippen molar-refractivity contribution in [3.63, 3.8) is 0 Å². The van der Waals surface area contributed by atoms with Gasteiger partial charge in [-0.05, 0) is 15.9 Å². The van der Waals surface area contributed by atoms with E-state index in [0.717, 1.165) is 15.7 Å². The molecule has 5 heteroatoms. The van der Waals surface area contributed by atoms with E-state index < -0.39 is 0 Å². The molecule has 0 saturated heterocycles. The van der Waals surface area contributed by atoms with Gasteiger partial charge >= 0.3 is 0 Å². The number of halogens is 1. The zero-order valence-electron chi connectivity index (χ0n) is 6.24. The van der Waals surface area contributed by atoms with Gasteiger partial charge in [-0.3, -0.25) is 0 Å². The van der Waals surface area contributed by atoms with E-state index in [-0.39, 0.29) is 0 Å². The highest BCUT2D eigenvalue weighted by Crippen LogP contribution is 2.14. The van der Waals surface area contributed by atoms with Gasteiger partial charge in [0.05, 0.1) is 10.7 Å². The summed E-state index contributed by atoms with van der Waals surface area (Å²) in [6.45, 7) is 0.487. The minimum Gasteiger partial charge on any atom is -0.326 e. The zero-order valence-corrected chi connectivity index (χ0v) is 7.82. The summed E-state index contributed by atoms with van der Waals surface area (Å²) in [6.07, 6.45) is 5.33. The van der Waals surface area contributed by atoms with Crippen molar-refractivity contribution in [3.8, 4) is 0 Å². The summed E-state index contributed by atoms with van der Waals surface area (Å²) in [5, 5.41) is 4.08. The predicted molar refractivity (Wildman–Crippen MR) is 48.6 cm³/mol. The first-order valence-electron chi connectivity index (χ1n) is 3.49. The van der Waals surface area contributed by atoms with E-state index in [1.54, 1.807) is 16.9 Å². The molecule has 0 aliphatic rings. The summed E-state index contributed by atoms with van der Waals surface area (Å²) in [7, 11) is 0. The lowest BCUT2D eigenvalue weighted by Gasteiger charge is -1.96. The Kier molecular flexibility index (Phi) is 1.82. The summed E-state index contributed by atoms with van der Waals surface area (Å²) in [5.74, 6) is 0. The fourth-order valence-corrected chi connectivity index (χ4v) is 1.37. The molecule has 0 aliphatic carbocycles. The van der Waals surface area contributed by atoms with Crippen LogP contribution in [0.3, 0.4) is 0 Å². The van der Waals surface area contributed by atoms with Gasteiger partial charge in [-0.15, -0.1) is 0 Å².